The second-order valence-electron chi connectivity index (χ2n) is 3.01. The van der Waals surface area contributed by atoms with E-state index in [2.05, 4.69) is 14.5 Å². The van der Waals surface area contributed by atoms with E-state index in [1.54, 1.807) is 0 Å². The van der Waals surface area contributed by atoms with Crippen molar-refractivity contribution in [2.75, 3.05) is 7.11 Å². The first kappa shape index (κ1) is 14.7. The number of methoxy groups -OCH3 is 1. The SMILES string of the molecule is COc1nc(CCl)c(C(F)F)cc1OC(F)(F)F. The van der Waals surface area contributed by atoms with Crippen molar-refractivity contribution >= 4 is 11.6 Å². The number of aromatic nitrogens is 1. The quantitative estimate of drug-likeness (QED) is 0.626. The van der Waals surface area contributed by atoms with Crippen LogP contribution in [0, 0.1) is 0 Å². The molecule has 0 spiro atoms. The monoisotopic (exact) mass is 291 g/mol. The van der Waals surface area contributed by atoms with Crippen LogP contribution in [0.1, 0.15) is 17.7 Å². The Morgan fingerprint density at radius 1 is 1.39 bits per heavy atom. The Balaban J connectivity index is 3.27. The van der Waals surface area contributed by atoms with E-state index in [1.807, 2.05) is 0 Å². The van der Waals surface area contributed by atoms with E-state index in [1.165, 1.54) is 0 Å². The zero-order chi connectivity index (χ0) is 13.9. The first-order valence-electron chi connectivity index (χ1n) is 4.46. The molecule has 0 bridgehead atoms. The van der Waals surface area contributed by atoms with Crippen LogP contribution in [0.5, 0.6) is 11.6 Å². The Hall–Kier alpha value is -1.31. The summed E-state index contributed by atoms with van der Waals surface area (Å²) in [7, 11) is 1.03. The van der Waals surface area contributed by atoms with Crippen molar-refractivity contribution in [1.82, 2.24) is 4.98 Å². The highest BCUT2D eigenvalue weighted by atomic mass is 35.5. The first-order valence-corrected chi connectivity index (χ1v) is 4.99. The summed E-state index contributed by atoms with van der Waals surface area (Å²) < 4.78 is 69.4. The van der Waals surface area contributed by atoms with Gasteiger partial charge in [0, 0.05) is 5.56 Å². The van der Waals surface area contributed by atoms with Crippen LogP contribution in [0.4, 0.5) is 22.0 Å². The predicted molar refractivity (Wildman–Crippen MR) is 52.0 cm³/mol. The molecule has 0 fully saturated rings. The molecule has 0 N–H and O–H groups in total. The highest BCUT2D eigenvalue weighted by molar-refractivity contribution is 6.17. The van der Waals surface area contributed by atoms with Crippen LogP contribution >= 0.6 is 11.6 Å². The summed E-state index contributed by atoms with van der Waals surface area (Å²) in [5.41, 5.74) is -0.997. The van der Waals surface area contributed by atoms with E-state index in [4.69, 9.17) is 11.6 Å². The third kappa shape index (κ3) is 3.59. The van der Waals surface area contributed by atoms with E-state index in [-0.39, 0.29) is 11.6 Å². The second-order valence-corrected chi connectivity index (χ2v) is 3.28. The van der Waals surface area contributed by atoms with Gasteiger partial charge in [0.2, 0.25) is 0 Å². The molecule has 9 heteroatoms. The van der Waals surface area contributed by atoms with E-state index < -0.39 is 30.0 Å². The van der Waals surface area contributed by atoms with Crippen molar-refractivity contribution in [2.24, 2.45) is 0 Å². The zero-order valence-corrected chi connectivity index (χ0v) is 9.65. The third-order valence-electron chi connectivity index (χ3n) is 1.85. The average molecular weight is 292 g/mol. The average Bonchev–Trinajstić information content (AvgIpc) is 2.26. The molecule has 0 aliphatic carbocycles. The predicted octanol–water partition coefficient (Wildman–Crippen LogP) is 3.67. The molecular formula is C9H7ClF5NO2. The summed E-state index contributed by atoms with van der Waals surface area (Å²) in [6, 6.07) is 0.516. The summed E-state index contributed by atoms with van der Waals surface area (Å²) in [6.45, 7) is 0. The van der Waals surface area contributed by atoms with Crippen LogP contribution in [0.15, 0.2) is 6.07 Å². The molecule has 102 valence electrons. The van der Waals surface area contributed by atoms with Gasteiger partial charge in [-0.3, -0.25) is 0 Å². The second kappa shape index (κ2) is 5.55. The van der Waals surface area contributed by atoms with Crippen molar-refractivity contribution in [2.45, 2.75) is 18.7 Å². The lowest BCUT2D eigenvalue weighted by Gasteiger charge is -2.14. The molecule has 0 aromatic carbocycles. The van der Waals surface area contributed by atoms with Gasteiger partial charge in [0.15, 0.2) is 5.75 Å². The summed E-state index contributed by atoms with van der Waals surface area (Å²) >= 11 is 5.38. The molecule has 1 aromatic heterocycles. The van der Waals surface area contributed by atoms with Crippen LogP contribution in [-0.4, -0.2) is 18.5 Å². The smallest absolute Gasteiger partial charge is 0.478 e. The molecule has 0 aliphatic rings. The minimum Gasteiger partial charge on any atom is -0.478 e. The molecule has 0 saturated heterocycles. The maximum atomic E-state index is 12.6. The molecule has 3 nitrogen and oxygen atoms in total. The number of alkyl halides is 6. The molecule has 0 aliphatic heterocycles. The van der Waals surface area contributed by atoms with Gasteiger partial charge >= 0.3 is 6.36 Å². The molecule has 1 rings (SSSR count). The molecule has 0 radical (unpaired) electrons. The Morgan fingerprint density at radius 2 is 2.00 bits per heavy atom. The number of pyridine rings is 1. The maximum absolute atomic E-state index is 12.6. The number of ether oxygens (including phenoxy) is 2. The topological polar surface area (TPSA) is 31.4 Å². The normalized spacial score (nSPS) is 11.8. The molecule has 0 amide bonds. The van der Waals surface area contributed by atoms with E-state index in [0.717, 1.165) is 7.11 Å². The summed E-state index contributed by atoms with van der Waals surface area (Å²) in [6.07, 6.45) is -8.05. The third-order valence-corrected chi connectivity index (χ3v) is 2.10. The minimum absolute atomic E-state index is 0.266. The van der Waals surface area contributed by atoms with Crippen molar-refractivity contribution in [3.05, 3.63) is 17.3 Å². The van der Waals surface area contributed by atoms with Crippen molar-refractivity contribution < 1.29 is 31.4 Å². The maximum Gasteiger partial charge on any atom is 0.573 e. The van der Waals surface area contributed by atoms with Gasteiger partial charge in [-0.1, -0.05) is 0 Å². The fraction of sp³-hybridized carbons (Fsp3) is 0.444. The molecule has 0 saturated carbocycles. The highest BCUT2D eigenvalue weighted by Gasteiger charge is 2.34. The lowest BCUT2D eigenvalue weighted by atomic mass is 10.2. The van der Waals surface area contributed by atoms with Gasteiger partial charge in [0.25, 0.3) is 12.3 Å². The summed E-state index contributed by atoms with van der Waals surface area (Å²) in [4.78, 5) is 3.46. The first-order chi connectivity index (χ1) is 8.28. The van der Waals surface area contributed by atoms with Crippen molar-refractivity contribution in [1.29, 1.82) is 0 Å². The minimum atomic E-state index is -5.03. The summed E-state index contributed by atoms with van der Waals surface area (Å²) in [5.74, 6) is -1.89. The van der Waals surface area contributed by atoms with Gasteiger partial charge < -0.3 is 9.47 Å². The molecule has 1 aromatic rings. The number of hydrogen-bond donors (Lipinski definition) is 0. The van der Waals surface area contributed by atoms with Gasteiger partial charge in [-0.25, -0.2) is 13.8 Å². The van der Waals surface area contributed by atoms with E-state index in [9.17, 15) is 22.0 Å². The number of hydrogen-bond acceptors (Lipinski definition) is 3. The van der Waals surface area contributed by atoms with E-state index in [0.29, 0.717) is 6.07 Å². The highest BCUT2D eigenvalue weighted by Crippen LogP contribution is 2.35. The molecular weight excluding hydrogens is 285 g/mol. The summed E-state index contributed by atoms with van der Waals surface area (Å²) in [5, 5.41) is 0. The standard InChI is InChI=1S/C9H7ClF5NO2/c1-17-8-6(18-9(13,14)15)2-4(7(11)12)5(3-10)16-8/h2,7H,3H2,1H3. The largest absolute Gasteiger partial charge is 0.573 e. The van der Waals surface area contributed by atoms with Crippen LogP contribution < -0.4 is 9.47 Å². The van der Waals surface area contributed by atoms with Crippen LogP contribution in [0.25, 0.3) is 0 Å². The lowest BCUT2D eigenvalue weighted by molar-refractivity contribution is -0.275. The molecule has 18 heavy (non-hydrogen) atoms. The lowest BCUT2D eigenvalue weighted by Crippen LogP contribution is -2.18. The number of halogens is 6. The Labute approximate surface area is 103 Å². The number of nitrogens with zero attached hydrogens (tertiary/aromatic N) is 1. The van der Waals surface area contributed by atoms with Crippen LogP contribution in [0.2, 0.25) is 0 Å². The molecule has 1 heterocycles. The molecule has 0 atom stereocenters. The molecule has 0 unspecified atom stereocenters. The van der Waals surface area contributed by atoms with Gasteiger partial charge in [0.1, 0.15) is 0 Å². The Kier molecular flexibility index (Phi) is 4.55. The Bertz CT molecular complexity index is 424. The van der Waals surface area contributed by atoms with Crippen molar-refractivity contribution in [3.63, 3.8) is 0 Å². The fourth-order valence-corrected chi connectivity index (χ4v) is 1.38. The van der Waals surface area contributed by atoms with Crippen LogP contribution in [0.3, 0.4) is 0 Å². The van der Waals surface area contributed by atoms with Gasteiger partial charge in [-0.2, -0.15) is 0 Å². The fourth-order valence-electron chi connectivity index (χ4n) is 1.17. The van der Waals surface area contributed by atoms with E-state index >= 15 is 0 Å². The zero-order valence-electron chi connectivity index (χ0n) is 8.89. The van der Waals surface area contributed by atoms with Gasteiger partial charge in [-0.05, 0) is 6.07 Å². The van der Waals surface area contributed by atoms with Gasteiger partial charge in [0.05, 0.1) is 18.7 Å². The number of rotatable bonds is 4. The Morgan fingerprint density at radius 3 is 2.39 bits per heavy atom. The van der Waals surface area contributed by atoms with Gasteiger partial charge in [-0.15, -0.1) is 24.8 Å². The van der Waals surface area contributed by atoms with Crippen molar-refractivity contribution in [3.8, 4) is 11.6 Å². The van der Waals surface area contributed by atoms with Crippen LogP contribution in [-0.2, 0) is 5.88 Å².